The number of nitrogens with zero attached hydrogens (tertiary/aromatic N) is 1. The molecule has 3 nitrogen and oxygen atoms in total. The van der Waals surface area contributed by atoms with Gasteiger partial charge in [0, 0.05) is 33.3 Å². The van der Waals surface area contributed by atoms with Crippen LogP contribution in [0.25, 0.3) is 22.4 Å². The van der Waals surface area contributed by atoms with E-state index >= 15 is 0 Å². The van der Waals surface area contributed by atoms with Crippen LogP contribution in [0.4, 0.5) is 26.3 Å². The number of aromatic nitrogens is 1. The molecule has 1 heterocycles. The number of ketones is 1. The molecule has 10 heteroatoms. The molecule has 0 saturated carbocycles. The zero-order chi connectivity index (χ0) is 25.7. The summed E-state index contributed by atoms with van der Waals surface area (Å²) in [6.07, 6.45) is -7.45. The number of carbonyl (C=O) groups is 1. The van der Waals surface area contributed by atoms with E-state index in [1.807, 2.05) is 0 Å². The summed E-state index contributed by atoms with van der Waals surface area (Å²) in [4.78, 5) is 14.0. The SMILES string of the molecule is CC(=O)/C=C(/C)O.Cc1cc(C(F)(F)F)c(-c2cccnc2-c2[c-]cccc2)c(C(F)(F)F)c1.[Pt]. The molecule has 0 unspecified atom stereocenters. The van der Waals surface area contributed by atoms with Gasteiger partial charge in [0.15, 0.2) is 5.78 Å². The summed E-state index contributed by atoms with van der Waals surface area (Å²) in [5.74, 6) is -0.0625. The van der Waals surface area contributed by atoms with Crippen molar-refractivity contribution in [2.75, 3.05) is 0 Å². The van der Waals surface area contributed by atoms with E-state index in [4.69, 9.17) is 5.11 Å². The van der Waals surface area contributed by atoms with Crippen molar-refractivity contribution < 1.29 is 57.3 Å². The molecule has 0 atom stereocenters. The van der Waals surface area contributed by atoms with E-state index in [1.165, 1.54) is 57.3 Å². The van der Waals surface area contributed by atoms with Gasteiger partial charge in [-0.2, -0.15) is 26.3 Å². The Balaban J connectivity index is 0.000000672. The van der Waals surface area contributed by atoms with Gasteiger partial charge in [0.2, 0.25) is 0 Å². The largest absolute Gasteiger partial charge is 0.512 e. The standard InChI is InChI=1S/C20H12F6N.C5H8O2.Pt/c1-12-10-15(19(21,22)23)17(16(11-12)20(24,25)26)14-8-5-9-27-18(14)13-6-3-2-4-7-13;1-4(6)3-5(2)7;/h2-6,8-11H,1H3;3,6H,1-2H3;/q-1;;/b;4-3-;. The van der Waals surface area contributed by atoms with Crippen LogP contribution in [0.3, 0.4) is 0 Å². The number of alkyl halides is 6. The first-order chi connectivity index (χ1) is 15.7. The normalized spacial score (nSPS) is 11.7. The Kier molecular flexibility index (Phi) is 10.5. The van der Waals surface area contributed by atoms with Gasteiger partial charge in [0.1, 0.15) is 0 Å². The van der Waals surface area contributed by atoms with Gasteiger partial charge in [-0.05, 0) is 61.4 Å². The van der Waals surface area contributed by atoms with E-state index in [1.54, 1.807) is 12.1 Å². The molecule has 0 fully saturated rings. The second kappa shape index (κ2) is 12.2. The molecule has 0 spiro atoms. The Hall–Kier alpha value is -2.93. The van der Waals surface area contributed by atoms with E-state index in [0.29, 0.717) is 5.56 Å². The molecule has 0 saturated heterocycles. The number of aliphatic hydroxyl groups is 1. The van der Waals surface area contributed by atoms with Gasteiger partial charge in [-0.15, -0.1) is 35.9 Å². The molecule has 3 rings (SSSR count). The zero-order valence-corrected chi connectivity index (χ0v) is 20.9. The fraction of sp³-hybridized carbons (Fsp3) is 0.200. The molecule has 0 radical (unpaired) electrons. The van der Waals surface area contributed by atoms with Crippen LogP contribution in [0.15, 0.2) is 66.6 Å². The molecular formula is C25H20F6NO2Pt-. The number of rotatable bonds is 3. The van der Waals surface area contributed by atoms with E-state index in [0.717, 1.165) is 12.1 Å². The van der Waals surface area contributed by atoms with Crippen LogP contribution in [-0.4, -0.2) is 15.9 Å². The minimum Gasteiger partial charge on any atom is -0.512 e. The first-order valence-corrected chi connectivity index (χ1v) is 9.81. The third-order valence-corrected chi connectivity index (χ3v) is 4.35. The Morgan fingerprint density at radius 2 is 1.54 bits per heavy atom. The van der Waals surface area contributed by atoms with Crippen LogP contribution in [0.1, 0.15) is 30.5 Å². The molecule has 35 heavy (non-hydrogen) atoms. The van der Waals surface area contributed by atoms with Crippen LogP contribution in [-0.2, 0) is 38.2 Å². The second-order valence-corrected chi connectivity index (χ2v) is 7.30. The van der Waals surface area contributed by atoms with Gasteiger partial charge >= 0.3 is 12.4 Å². The molecular weight excluding hydrogens is 655 g/mol. The fourth-order valence-electron chi connectivity index (χ4n) is 3.18. The van der Waals surface area contributed by atoms with Crippen molar-refractivity contribution in [2.24, 2.45) is 0 Å². The topological polar surface area (TPSA) is 50.2 Å². The zero-order valence-electron chi connectivity index (χ0n) is 18.7. The molecule has 0 aliphatic carbocycles. The maximum atomic E-state index is 13.6. The molecule has 0 amide bonds. The van der Waals surface area contributed by atoms with Crippen LogP contribution >= 0.6 is 0 Å². The number of hydrogen-bond donors (Lipinski definition) is 1. The Morgan fingerprint density at radius 1 is 0.971 bits per heavy atom. The number of halogens is 6. The fourth-order valence-corrected chi connectivity index (χ4v) is 3.18. The molecule has 2 aromatic carbocycles. The maximum absolute atomic E-state index is 13.6. The van der Waals surface area contributed by atoms with Crippen LogP contribution in [0.2, 0.25) is 0 Å². The summed E-state index contributed by atoms with van der Waals surface area (Å²) in [6.45, 7) is 4.05. The van der Waals surface area contributed by atoms with Crippen LogP contribution in [0.5, 0.6) is 0 Å². The monoisotopic (exact) mass is 675 g/mol. The number of pyridine rings is 1. The minimum atomic E-state index is -4.96. The average Bonchev–Trinajstić information content (AvgIpc) is 2.72. The van der Waals surface area contributed by atoms with Gasteiger partial charge in [-0.1, -0.05) is 6.07 Å². The van der Waals surface area contributed by atoms with Crippen molar-refractivity contribution in [1.82, 2.24) is 4.98 Å². The molecule has 3 aromatic rings. The summed E-state index contributed by atoms with van der Waals surface area (Å²) in [6, 6.07) is 13.0. The van der Waals surface area contributed by atoms with Crippen molar-refractivity contribution in [3.8, 4) is 22.4 Å². The molecule has 1 N–H and O–H groups in total. The molecule has 0 bridgehead atoms. The number of benzene rings is 2. The first-order valence-electron chi connectivity index (χ1n) is 9.81. The first kappa shape index (κ1) is 30.1. The van der Waals surface area contributed by atoms with Crippen molar-refractivity contribution in [3.63, 3.8) is 0 Å². The van der Waals surface area contributed by atoms with E-state index < -0.39 is 29.0 Å². The predicted molar refractivity (Wildman–Crippen MR) is 116 cm³/mol. The Bertz CT molecular complexity index is 1150. The van der Waals surface area contributed by atoms with Crippen LogP contribution < -0.4 is 0 Å². The molecule has 1 aromatic heterocycles. The summed E-state index contributed by atoms with van der Waals surface area (Å²) < 4.78 is 81.7. The summed E-state index contributed by atoms with van der Waals surface area (Å²) in [7, 11) is 0. The average molecular weight is 676 g/mol. The van der Waals surface area contributed by atoms with Gasteiger partial charge in [-0.3, -0.25) is 4.79 Å². The van der Waals surface area contributed by atoms with E-state index in [2.05, 4.69) is 11.1 Å². The van der Waals surface area contributed by atoms with Crippen LogP contribution in [0, 0.1) is 13.0 Å². The number of aliphatic hydroxyl groups excluding tert-OH is 1. The number of hydrogen-bond acceptors (Lipinski definition) is 3. The number of allylic oxidation sites excluding steroid dienone is 2. The summed E-state index contributed by atoms with van der Waals surface area (Å²) in [5.41, 5.74) is -3.71. The maximum Gasteiger partial charge on any atom is 0.417 e. The number of aryl methyl sites for hydroxylation is 1. The predicted octanol–water partition coefficient (Wildman–Crippen LogP) is 7.60. The summed E-state index contributed by atoms with van der Waals surface area (Å²) in [5, 5.41) is 8.36. The van der Waals surface area contributed by atoms with Crippen molar-refractivity contribution in [1.29, 1.82) is 0 Å². The Labute approximate surface area is 212 Å². The molecule has 0 aliphatic rings. The summed E-state index contributed by atoms with van der Waals surface area (Å²) >= 11 is 0. The quantitative estimate of drug-likeness (QED) is 0.135. The van der Waals surface area contributed by atoms with Crippen molar-refractivity contribution >= 4 is 5.78 Å². The van der Waals surface area contributed by atoms with Gasteiger partial charge < -0.3 is 10.1 Å². The smallest absolute Gasteiger partial charge is 0.417 e. The van der Waals surface area contributed by atoms with Crippen molar-refractivity contribution in [2.45, 2.75) is 33.1 Å². The Morgan fingerprint density at radius 3 is 1.94 bits per heavy atom. The third-order valence-electron chi connectivity index (χ3n) is 4.35. The minimum absolute atomic E-state index is 0. The number of carbonyl (C=O) groups excluding carboxylic acids is 1. The second-order valence-electron chi connectivity index (χ2n) is 7.30. The van der Waals surface area contributed by atoms with Gasteiger partial charge in [0.25, 0.3) is 0 Å². The molecule has 0 aliphatic heterocycles. The van der Waals surface area contributed by atoms with E-state index in [9.17, 15) is 31.1 Å². The van der Waals surface area contributed by atoms with E-state index in [-0.39, 0.29) is 49.4 Å². The van der Waals surface area contributed by atoms with Crippen molar-refractivity contribution in [3.05, 3.63) is 89.3 Å². The molecule has 190 valence electrons. The third kappa shape index (κ3) is 8.35. The van der Waals surface area contributed by atoms with Gasteiger partial charge in [-0.25, -0.2) is 0 Å². The van der Waals surface area contributed by atoms with Gasteiger partial charge in [0.05, 0.1) is 16.9 Å².